The van der Waals surface area contributed by atoms with Crippen molar-refractivity contribution < 1.29 is 13.9 Å². The lowest BCUT2D eigenvalue weighted by atomic mass is 10.0. The number of alkyl halides is 1. The molecule has 1 aliphatic rings. The third kappa shape index (κ3) is 2.61. The van der Waals surface area contributed by atoms with Gasteiger partial charge in [0.1, 0.15) is 18.5 Å². The van der Waals surface area contributed by atoms with Crippen LogP contribution >= 0.6 is 0 Å². The molecule has 0 spiro atoms. The van der Waals surface area contributed by atoms with Crippen LogP contribution in [0.5, 0.6) is 0 Å². The third-order valence-electron chi connectivity index (χ3n) is 3.72. The largest absolute Gasteiger partial charge is 0.374 e. The standard InChI is InChI=1S/C16H17FN2O2/c1-2-21-10-16(20)13-9-15-12(17)8-14(19(15)18-13)11-6-4-3-5-7-11/h3-7,9,12,14H,2,8,10H2,1H3. The minimum absolute atomic E-state index is 0.0140. The Morgan fingerprint density at radius 2 is 2.19 bits per heavy atom. The second kappa shape index (κ2) is 5.77. The predicted octanol–water partition coefficient (Wildman–Crippen LogP) is 3.11. The van der Waals surface area contributed by atoms with Crippen LogP contribution in [0, 0.1) is 0 Å². The molecule has 1 aromatic carbocycles. The van der Waals surface area contributed by atoms with Crippen LogP contribution in [0.15, 0.2) is 36.4 Å². The van der Waals surface area contributed by atoms with E-state index in [1.165, 1.54) is 0 Å². The maximum atomic E-state index is 14.2. The zero-order chi connectivity index (χ0) is 14.8. The highest BCUT2D eigenvalue weighted by Gasteiger charge is 2.34. The molecule has 2 unspecified atom stereocenters. The van der Waals surface area contributed by atoms with Crippen LogP contribution in [0.1, 0.15) is 47.3 Å². The number of hydrogen-bond acceptors (Lipinski definition) is 3. The summed E-state index contributed by atoms with van der Waals surface area (Å²) in [6.07, 6.45) is -0.719. The quantitative estimate of drug-likeness (QED) is 0.794. The Bertz CT molecular complexity index is 639. The lowest BCUT2D eigenvalue weighted by Crippen LogP contribution is -2.12. The molecule has 0 saturated carbocycles. The number of aromatic nitrogens is 2. The Kier molecular flexibility index (Phi) is 3.84. The topological polar surface area (TPSA) is 44.1 Å². The average molecular weight is 288 g/mol. The molecule has 0 fully saturated rings. The zero-order valence-electron chi connectivity index (χ0n) is 11.8. The predicted molar refractivity (Wildman–Crippen MR) is 76.1 cm³/mol. The summed E-state index contributed by atoms with van der Waals surface area (Å²) in [6.45, 7) is 2.28. The Labute approximate surface area is 122 Å². The van der Waals surface area contributed by atoms with Crippen molar-refractivity contribution in [1.82, 2.24) is 9.78 Å². The third-order valence-corrected chi connectivity index (χ3v) is 3.72. The second-order valence-corrected chi connectivity index (χ2v) is 5.09. The van der Waals surface area contributed by atoms with Crippen molar-refractivity contribution in [2.75, 3.05) is 13.2 Å². The lowest BCUT2D eigenvalue weighted by Gasteiger charge is -2.12. The Morgan fingerprint density at radius 1 is 1.43 bits per heavy atom. The molecular formula is C16H17FN2O2. The van der Waals surface area contributed by atoms with Gasteiger partial charge in [0, 0.05) is 13.0 Å². The molecule has 0 saturated heterocycles. The highest BCUT2D eigenvalue weighted by molar-refractivity contribution is 5.95. The van der Waals surface area contributed by atoms with Crippen molar-refractivity contribution in [3.05, 3.63) is 53.3 Å². The first-order valence-electron chi connectivity index (χ1n) is 7.10. The number of ether oxygens (including phenoxy) is 1. The number of halogens is 1. The SMILES string of the molecule is CCOCC(=O)c1cc2n(n1)C(c1ccccc1)CC2F. The fraction of sp³-hybridized carbons (Fsp3) is 0.375. The molecule has 0 radical (unpaired) electrons. The van der Waals surface area contributed by atoms with Crippen molar-refractivity contribution in [3.8, 4) is 0 Å². The van der Waals surface area contributed by atoms with Gasteiger partial charge in [-0.2, -0.15) is 5.10 Å². The molecular weight excluding hydrogens is 271 g/mol. The molecule has 110 valence electrons. The summed E-state index contributed by atoms with van der Waals surface area (Å²) in [6, 6.07) is 11.1. The second-order valence-electron chi connectivity index (χ2n) is 5.09. The van der Waals surface area contributed by atoms with Gasteiger partial charge in [-0.05, 0) is 18.6 Å². The summed E-state index contributed by atoms with van der Waals surface area (Å²) in [5.74, 6) is -0.210. The number of fused-ring (bicyclic) bond motifs is 1. The van der Waals surface area contributed by atoms with Crippen molar-refractivity contribution in [1.29, 1.82) is 0 Å². The van der Waals surface area contributed by atoms with E-state index in [1.807, 2.05) is 37.3 Å². The molecule has 4 nitrogen and oxygen atoms in total. The Hall–Kier alpha value is -2.01. The van der Waals surface area contributed by atoms with Gasteiger partial charge in [-0.3, -0.25) is 9.48 Å². The summed E-state index contributed by atoms with van der Waals surface area (Å²) < 4.78 is 20.9. The van der Waals surface area contributed by atoms with Gasteiger partial charge >= 0.3 is 0 Å². The summed E-state index contributed by atoms with van der Waals surface area (Å²) in [5, 5.41) is 4.30. The zero-order valence-corrected chi connectivity index (χ0v) is 11.8. The maximum Gasteiger partial charge on any atom is 0.208 e. The fourth-order valence-electron chi connectivity index (χ4n) is 2.67. The van der Waals surface area contributed by atoms with E-state index in [4.69, 9.17) is 4.74 Å². The molecule has 1 aliphatic heterocycles. The minimum atomic E-state index is -1.09. The van der Waals surface area contributed by atoms with Gasteiger partial charge in [-0.1, -0.05) is 30.3 Å². The van der Waals surface area contributed by atoms with E-state index >= 15 is 0 Å². The lowest BCUT2D eigenvalue weighted by molar-refractivity contribution is 0.0777. The number of carbonyl (C=O) groups is 1. The van der Waals surface area contributed by atoms with Gasteiger partial charge in [-0.15, -0.1) is 0 Å². The van der Waals surface area contributed by atoms with Gasteiger partial charge in [0.2, 0.25) is 5.78 Å². The van der Waals surface area contributed by atoms with Crippen molar-refractivity contribution in [3.63, 3.8) is 0 Å². The van der Waals surface area contributed by atoms with E-state index in [0.717, 1.165) is 5.56 Å². The van der Waals surface area contributed by atoms with E-state index in [-0.39, 0.29) is 24.1 Å². The Morgan fingerprint density at radius 3 is 2.90 bits per heavy atom. The van der Waals surface area contributed by atoms with Crippen LogP contribution in [-0.2, 0) is 4.74 Å². The van der Waals surface area contributed by atoms with Gasteiger partial charge in [-0.25, -0.2) is 4.39 Å². The number of Topliss-reactive ketones (excluding diaryl/α,β-unsaturated/α-hetero) is 1. The molecule has 3 rings (SSSR count). The minimum Gasteiger partial charge on any atom is -0.374 e. The van der Waals surface area contributed by atoms with Crippen LogP contribution in [0.3, 0.4) is 0 Å². The normalized spacial score (nSPS) is 20.5. The molecule has 2 heterocycles. The van der Waals surface area contributed by atoms with E-state index in [0.29, 0.717) is 18.7 Å². The van der Waals surface area contributed by atoms with Crippen LogP contribution in [0.4, 0.5) is 4.39 Å². The van der Waals surface area contributed by atoms with Crippen LogP contribution in [0.2, 0.25) is 0 Å². The first-order chi connectivity index (χ1) is 10.2. The Balaban J connectivity index is 1.89. The van der Waals surface area contributed by atoms with Crippen LogP contribution in [-0.4, -0.2) is 28.8 Å². The number of hydrogen-bond donors (Lipinski definition) is 0. The smallest absolute Gasteiger partial charge is 0.208 e. The van der Waals surface area contributed by atoms with Gasteiger partial charge in [0.25, 0.3) is 0 Å². The van der Waals surface area contributed by atoms with Gasteiger partial charge in [0.05, 0.1) is 11.7 Å². The van der Waals surface area contributed by atoms with Crippen LogP contribution < -0.4 is 0 Å². The van der Waals surface area contributed by atoms with E-state index < -0.39 is 6.17 Å². The number of ketones is 1. The van der Waals surface area contributed by atoms with Crippen LogP contribution in [0.25, 0.3) is 0 Å². The first-order valence-corrected chi connectivity index (χ1v) is 7.10. The molecule has 2 atom stereocenters. The number of rotatable bonds is 5. The van der Waals surface area contributed by atoms with E-state index in [2.05, 4.69) is 5.10 Å². The molecule has 2 aromatic rings. The molecule has 0 N–H and O–H groups in total. The molecule has 0 bridgehead atoms. The number of benzene rings is 1. The summed E-state index contributed by atoms with van der Waals surface area (Å²) in [4.78, 5) is 11.9. The van der Waals surface area contributed by atoms with Crippen molar-refractivity contribution in [2.45, 2.75) is 25.6 Å². The molecule has 0 amide bonds. The van der Waals surface area contributed by atoms with Gasteiger partial charge < -0.3 is 4.74 Å². The van der Waals surface area contributed by atoms with Crippen molar-refractivity contribution in [2.24, 2.45) is 0 Å². The molecule has 0 aliphatic carbocycles. The highest BCUT2D eigenvalue weighted by Crippen LogP contribution is 2.40. The maximum absolute atomic E-state index is 14.2. The van der Waals surface area contributed by atoms with Gasteiger partial charge in [0.15, 0.2) is 0 Å². The number of nitrogens with zero attached hydrogens (tertiary/aromatic N) is 2. The summed E-state index contributed by atoms with van der Waals surface area (Å²) in [7, 11) is 0. The van der Waals surface area contributed by atoms with E-state index in [9.17, 15) is 9.18 Å². The van der Waals surface area contributed by atoms with Crippen molar-refractivity contribution >= 4 is 5.78 Å². The summed E-state index contributed by atoms with van der Waals surface area (Å²) in [5.41, 5.74) is 1.76. The number of carbonyl (C=O) groups excluding carboxylic acids is 1. The summed E-state index contributed by atoms with van der Waals surface area (Å²) >= 11 is 0. The van der Waals surface area contributed by atoms with E-state index in [1.54, 1.807) is 10.7 Å². The first kappa shape index (κ1) is 13.9. The highest BCUT2D eigenvalue weighted by atomic mass is 19.1. The molecule has 21 heavy (non-hydrogen) atoms. The monoisotopic (exact) mass is 288 g/mol. The molecule has 1 aromatic heterocycles. The fourth-order valence-corrected chi connectivity index (χ4v) is 2.67. The average Bonchev–Trinajstić information content (AvgIpc) is 3.07. The molecule has 5 heteroatoms.